The predicted molar refractivity (Wildman–Crippen MR) is 120 cm³/mol. The van der Waals surface area contributed by atoms with Crippen molar-refractivity contribution in [3.63, 3.8) is 0 Å². The lowest BCUT2D eigenvalue weighted by molar-refractivity contribution is -0.152. The number of anilines is 1. The van der Waals surface area contributed by atoms with E-state index in [0.717, 1.165) is 16.8 Å². The second kappa shape index (κ2) is 9.39. The molecule has 1 heterocycles. The van der Waals surface area contributed by atoms with Crippen molar-refractivity contribution in [1.29, 1.82) is 0 Å². The minimum atomic E-state index is -0.510. The summed E-state index contributed by atoms with van der Waals surface area (Å²) in [5, 5.41) is 7.57. The minimum absolute atomic E-state index is 0.0294. The zero-order chi connectivity index (χ0) is 22.6. The van der Waals surface area contributed by atoms with Gasteiger partial charge in [0.2, 0.25) is 5.82 Å². The molecule has 3 rings (SSSR count). The molecule has 0 unspecified atom stereocenters. The van der Waals surface area contributed by atoms with Crippen LogP contribution < -0.4 is 10.1 Å². The van der Waals surface area contributed by atoms with Crippen LogP contribution in [-0.2, 0) is 9.53 Å². The summed E-state index contributed by atoms with van der Waals surface area (Å²) in [6, 6.07) is 12.7. The Morgan fingerprint density at radius 1 is 1.13 bits per heavy atom. The molecule has 0 amide bonds. The molecule has 0 bridgehead atoms. The van der Waals surface area contributed by atoms with Gasteiger partial charge in [-0.25, -0.2) is 0 Å². The van der Waals surface area contributed by atoms with E-state index in [1.165, 1.54) is 0 Å². The first-order chi connectivity index (χ1) is 14.6. The van der Waals surface area contributed by atoms with Gasteiger partial charge >= 0.3 is 5.97 Å². The van der Waals surface area contributed by atoms with Crippen LogP contribution in [0.3, 0.4) is 0 Å². The molecule has 0 saturated heterocycles. The van der Waals surface area contributed by atoms with Gasteiger partial charge in [-0.2, -0.15) is 4.98 Å². The van der Waals surface area contributed by atoms with Gasteiger partial charge < -0.3 is 19.3 Å². The molecule has 0 saturated carbocycles. The molecule has 2 aromatic carbocycles. The molecule has 3 aromatic rings. The molecule has 31 heavy (non-hydrogen) atoms. The van der Waals surface area contributed by atoms with Crippen LogP contribution in [0.4, 0.5) is 5.69 Å². The van der Waals surface area contributed by atoms with Gasteiger partial charge in [-0.05, 0) is 77.1 Å². The predicted octanol–water partition coefficient (Wildman–Crippen LogP) is 5.60. The summed E-state index contributed by atoms with van der Waals surface area (Å²) in [7, 11) is 0. The summed E-state index contributed by atoms with van der Waals surface area (Å²) in [5.41, 5.74) is 1.76. The van der Waals surface area contributed by atoms with E-state index < -0.39 is 5.60 Å². The highest BCUT2D eigenvalue weighted by atomic mass is 35.5. The Labute approximate surface area is 186 Å². The van der Waals surface area contributed by atoms with Crippen LogP contribution in [0.15, 0.2) is 47.0 Å². The number of carbonyl (C=O) groups excluding carboxylic acids is 1. The molecule has 7 nitrogen and oxygen atoms in total. The number of hydrogen-bond donors (Lipinski definition) is 1. The Balaban J connectivity index is 1.66. The second-order valence-corrected chi connectivity index (χ2v) is 8.66. The van der Waals surface area contributed by atoms with Gasteiger partial charge in [-0.3, -0.25) is 4.79 Å². The Bertz CT molecular complexity index is 1040. The third-order valence-electron chi connectivity index (χ3n) is 3.97. The topological polar surface area (TPSA) is 86.5 Å². The van der Waals surface area contributed by atoms with Crippen molar-refractivity contribution in [2.75, 3.05) is 11.9 Å². The van der Waals surface area contributed by atoms with E-state index in [9.17, 15) is 4.79 Å². The number of ether oxygens (including phenoxy) is 2. The summed E-state index contributed by atoms with van der Waals surface area (Å²) in [6.07, 6.45) is 0.0294. The van der Waals surface area contributed by atoms with Gasteiger partial charge in [0.05, 0.1) is 11.1 Å². The van der Waals surface area contributed by atoms with Crippen molar-refractivity contribution >= 4 is 23.3 Å². The first-order valence-electron chi connectivity index (χ1n) is 9.97. The number of halogens is 1. The quantitative estimate of drug-likeness (QED) is 0.475. The number of esters is 1. The van der Waals surface area contributed by atoms with Crippen LogP contribution in [-0.4, -0.2) is 34.4 Å². The highest BCUT2D eigenvalue weighted by Gasteiger charge is 2.16. The highest BCUT2D eigenvalue weighted by molar-refractivity contribution is 6.32. The molecule has 0 aliphatic rings. The first kappa shape index (κ1) is 22.6. The molecule has 1 aromatic heterocycles. The van der Waals surface area contributed by atoms with E-state index in [4.69, 9.17) is 25.6 Å². The fourth-order valence-corrected chi connectivity index (χ4v) is 2.95. The Hall–Kier alpha value is -3.06. The van der Waals surface area contributed by atoms with Crippen molar-refractivity contribution in [2.45, 2.75) is 46.3 Å². The van der Waals surface area contributed by atoms with Crippen molar-refractivity contribution < 1.29 is 18.8 Å². The second-order valence-electron chi connectivity index (χ2n) is 8.25. The zero-order valence-electron chi connectivity index (χ0n) is 18.2. The van der Waals surface area contributed by atoms with E-state index in [2.05, 4.69) is 15.5 Å². The van der Waals surface area contributed by atoms with Crippen molar-refractivity contribution in [3.8, 4) is 28.6 Å². The highest BCUT2D eigenvalue weighted by Crippen LogP contribution is 2.31. The van der Waals surface area contributed by atoms with Crippen molar-refractivity contribution in [2.24, 2.45) is 0 Å². The van der Waals surface area contributed by atoms with E-state index in [1.54, 1.807) is 12.1 Å². The molecule has 8 heteroatoms. The molecular weight excluding hydrogens is 418 g/mol. The molecule has 164 valence electrons. The first-order valence-corrected chi connectivity index (χ1v) is 10.3. The Morgan fingerprint density at radius 3 is 2.42 bits per heavy atom. The SMILES string of the molecule is CC(C)Oc1ccc(-c2noc(-c3ccc(NCC(=O)OC(C)(C)C)cc3)n2)cc1Cl. The van der Waals surface area contributed by atoms with Crippen molar-refractivity contribution in [1.82, 2.24) is 10.1 Å². The van der Waals surface area contributed by atoms with E-state index in [0.29, 0.717) is 22.5 Å². The molecule has 0 atom stereocenters. The van der Waals surface area contributed by atoms with Gasteiger partial charge in [0.15, 0.2) is 0 Å². The number of nitrogens with one attached hydrogen (secondary N) is 1. The summed E-state index contributed by atoms with van der Waals surface area (Å²) in [4.78, 5) is 16.3. The average Bonchev–Trinajstić information content (AvgIpc) is 3.17. The van der Waals surface area contributed by atoms with Crippen LogP contribution in [0.1, 0.15) is 34.6 Å². The van der Waals surface area contributed by atoms with Crippen LogP contribution in [0.2, 0.25) is 5.02 Å². The Morgan fingerprint density at radius 2 is 1.81 bits per heavy atom. The van der Waals surface area contributed by atoms with Gasteiger partial charge in [0, 0.05) is 16.8 Å². The summed E-state index contributed by atoms with van der Waals surface area (Å²) < 4.78 is 16.3. The fraction of sp³-hybridized carbons (Fsp3) is 0.348. The van der Waals surface area contributed by atoms with Gasteiger partial charge in [-0.1, -0.05) is 16.8 Å². The third-order valence-corrected chi connectivity index (χ3v) is 4.26. The Kier molecular flexibility index (Phi) is 6.85. The number of benzene rings is 2. The average molecular weight is 444 g/mol. The number of aromatic nitrogens is 2. The van der Waals surface area contributed by atoms with E-state index >= 15 is 0 Å². The fourth-order valence-electron chi connectivity index (χ4n) is 2.73. The van der Waals surface area contributed by atoms with Crippen LogP contribution in [0, 0.1) is 0 Å². The normalized spacial score (nSPS) is 11.5. The summed E-state index contributed by atoms with van der Waals surface area (Å²) in [6.45, 7) is 9.46. The largest absolute Gasteiger partial charge is 0.489 e. The smallest absolute Gasteiger partial charge is 0.325 e. The maximum atomic E-state index is 11.8. The molecule has 0 radical (unpaired) electrons. The van der Waals surface area contributed by atoms with Crippen LogP contribution >= 0.6 is 11.6 Å². The maximum absolute atomic E-state index is 11.8. The molecule has 1 N–H and O–H groups in total. The van der Waals surface area contributed by atoms with Crippen LogP contribution in [0.5, 0.6) is 5.75 Å². The lowest BCUT2D eigenvalue weighted by atomic mass is 10.2. The number of hydrogen-bond acceptors (Lipinski definition) is 7. The van der Waals surface area contributed by atoms with Gasteiger partial charge in [-0.15, -0.1) is 0 Å². The van der Waals surface area contributed by atoms with Gasteiger partial charge in [0.1, 0.15) is 17.9 Å². The van der Waals surface area contributed by atoms with E-state index in [1.807, 2.05) is 65.0 Å². The minimum Gasteiger partial charge on any atom is -0.489 e. The van der Waals surface area contributed by atoms with Gasteiger partial charge in [0.25, 0.3) is 5.89 Å². The maximum Gasteiger partial charge on any atom is 0.325 e. The number of rotatable bonds is 7. The third kappa shape index (κ3) is 6.46. The molecular formula is C23H26ClN3O4. The van der Waals surface area contributed by atoms with Crippen LogP contribution in [0.25, 0.3) is 22.8 Å². The summed E-state index contributed by atoms with van der Waals surface area (Å²) >= 11 is 6.30. The molecule has 0 fully saturated rings. The number of carbonyl (C=O) groups is 1. The monoisotopic (exact) mass is 443 g/mol. The zero-order valence-corrected chi connectivity index (χ0v) is 19.0. The molecule has 0 aliphatic heterocycles. The lowest BCUT2D eigenvalue weighted by Gasteiger charge is -2.19. The lowest BCUT2D eigenvalue weighted by Crippen LogP contribution is -2.28. The van der Waals surface area contributed by atoms with Crippen molar-refractivity contribution in [3.05, 3.63) is 47.5 Å². The van der Waals surface area contributed by atoms with E-state index in [-0.39, 0.29) is 18.6 Å². The molecule has 0 spiro atoms. The standard InChI is InChI=1S/C23H26ClN3O4/c1-14(2)29-19-11-8-16(12-18(19)24)21-26-22(31-27-21)15-6-9-17(10-7-15)25-13-20(28)30-23(3,4)5/h6-12,14,25H,13H2,1-5H3. The summed E-state index contributed by atoms with van der Waals surface area (Å²) in [5.74, 6) is 1.10. The molecule has 0 aliphatic carbocycles. The number of nitrogens with zero attached hydrogens (tertiary/aromatic N) is 2.